The molecule has 1 amide bonds. The van der Waals surface area contributed by atoms with E-state index in [0.717, 1.165) is 21.7 Å². The average Bonchev–Trinajstić information content (AvgIpc) is 2.58. The van der Waals surface area contributed by atoms with Gasteiger partial charge in [-0.1, -0.05) is 29.8 Å². The third kappa shape index (κ3) is 2.68. The van der Waals surface area contributed by atoms with E-state index in [-0.39, 0.29) is 11.2 Å². The standard InChI is InChI=1S/C15H12ClNOS2/c16-9-5-6-12-11(7-9)15(20-8-14(18)17-12)10-3-1-2-4-13(10)19/h1-7,15,19H,8H2,(H,17,18). The number of thioether (sulfide) groups is 1. The van der Waals surface area contributed by atoms with Gasteiger partial charge in [0.25, 0.3) is 0 Å². The van der Waals surface area contributed by atoms with Gasteiger partial charge in [-0.15, -0.1) is 24.4 Å². The van der Waals surface area contributed by atoms with Gasteiger partial charge in [-0.2, -0.15) is 0 Å². The first-order valence-electron chi connectivity index (χ1n) is 6.14. The van der Waals surface area contributed by atoms with E-state index >= 15 is 0 Å². The van der Waals surface area contributed by atoms with Crippen molar-refractivity contribution >= 4 is 47.6 Å². The number of hydrogen-bond donors (Lipinski definition) is 2. The van der Waals surface area contributed by atoms with Crippen molar-refractivity contribution in [2.24, 2.45) is 0 Å². The van der Waals surface area contributed by atoms with Crippen LogP contribution >= 0.6 is 36.0 Å². The fourth-order valence-corrected chi connectivity index (χ4v) is 3.97. The van der Waals surface area contributed by atoms with Gasteiger partial charge in [0.15, 0.2) is 0 Å². The molecule has 1 N–H and O–H groups in total. The van der Waals surface area contributed by atoms with Crippen molar-refractivity contribution in [1.29, 1.82) is 0 Å². The third-order valence-electron chi connectivity index (χ3n) is 3.17. The number of anilines is 1. The SMILES string of the molecule is O=C1CSC(c2ccccc2S)c2cc(Cl)ccc2N1. The second-order valence-corrected chi connectivity index (χ2v) is 6.54. The van der Waals surface area contributed by atoms with Crippen LogP contribution in [0.1, 0.15) is 16.4 Å². The van der Waals surface area contributed by atoms with Crippen LogP contribution in [0.3, 0.4) is 0 Å². The quantitative estimate of drug-likeness (QED) is 0.762. The molecule has 1 aliphatic heterocycles. The summed E-state index contributed by atoms with van der Waals surface area (Å²) in [6, 6.07) is 13.5. The number of thiol groups is 1. The molecular weight excluding hydrogens is 310 g/mol. The van der Waals surface area contributed by atoms with Crippen LogP contribution in [0.25, 0.3) is 0 Å². The van der Waals surface area contributed by atoms with Gasteiger partial charge in [0, 0.05) is 15.6 Å². The molecule has 20 heavy (non-hydrogen) atoms. The summed E-state index contributed by atoms with van der Waals surface area (Å²) < 4.78 is 0. The fourth-order valence-electron chi connectivity index (χ4n) is 2.27. The van der Waals surface area contributed by atoms with Crippen LogP contribution < -0.4 is 5.32 Å². The Labute approximate surface area is 132 Å². The van der Waals surface area contributed by atoms with Gasteiger partial charge in [-0.3, -0.25) is 4.79 Å². The molecule has 2 aromatic rings. The minimum absolute atomic E-state index is 0.0118. The molecule has 2 aromatic carbocycles. The molecular formula is C15H12ClNOS2. The van der Waals surface area contributed by atoms with Crippen LogP contribution in [0.2, 0.25) is 5.02 Å². The second kappa shape index (κ2) is 5.72. The number of benzene rings is 2. The lowest BCUT2D eigenvalue weighted by Gasteiger charge is -2.18. The van der Waals surface area contributed by atoms with E-state index < -0.39 is 0 Å². The molecule has 1 heterocycles. The van der Waals surface area contributed by atoms with Crippen molar-refractivity contribution in [2.45, 2.75) is 10.1 Å². The van der Waals surface area contributed by atoms with Gasteiger partial charge in [-0.25, -0.2) is 0 Å². The summed E-state index contributed by atoms with van der Waals surface area (Å²) in [6.45, 7) is 0. The summed E-state index contributed by atoms with van der Waals surface area (Å²) in [5.41, 5.74) is 2.95. The molecule has 1 unspecified atom stereocenters. The Balaban J connectivity index is 2.15. The largest absolute Gasteiger partial charge is 0.325 e. The minimum Gasteiger partial charge on any atom is -0.325 e. The number of carbonyl (C=O) groups excluding carboxylic acids is 1. The van der Waals surface area contributed by atoms with E-state index in [4.69, 9.17) is 11.6 Å². The maximum absolute atomic E-state index is 11.8. The van der Waals surface area contributed by atoms with E-state index in [1.165, 1.54) is 0 Å². The molecule has 0 spiro atoms. The monoisotopic (exact) mass is 321 g/mol. The molecule has 1 aliphatic rings. The maximum atomic E-state index is 11.8. The summed E-state index contributed by atoms with van der Waals surface area (Å²) in [7, 11) is 0. The Morgan fingerprint density at radius 2 is 2.00 bits per heavy atom. The number of fused-ring (bicyclic) bond motifs is 1. The van der Waals surface area contributed by atoms with Gasteiger partial charge in [0.2, 0.25) is 5.91 Å². The average molecular weight is 322 g/mol. The molecule has 102 valence electrons. The van der Waals surface area contributed by atoms with Crippen LogP contribution in [0, 0.1) is 0 Å². The smallest absolute Gasteiger partial charge is 0.234 e. The molecule has 0 saturated heterocycles. The lowest BCUT2D eigenvalue weighted by atomic mass is 10.0. The van der Waals surface area contributed by atoms with E-state index in [1.54, 1.807) is 17.8 Å². The van der Waals surface area contributed by atoms with Crippen molar-refractivity contribution in [3.05, 3.63) is 58.6 Å². The van der Waals surface area contributed by atoms with Gasteiger partial charge < -0.3 is 5.32 Å². The first-order valence-corrected chi connectivity index (χ1v) is 8.01. The predicted octanol–water partition coefficient (Wildman–Crippen LogP) is 4.40. The van der Waals surface area contributed by atoms with E-state index in [9.17, 15) is 4.79 Å². The summed E-state index contributed by atoms with van der Waals surface area (Å²) in [6.07, 6.45) is 0. The van der Waals surface area contributed by atoms with E-state index in [2.05, 4.69) is 17.9 Å². The zero-order valence-electron chi connectivity index (χ0n) is 10.5. The highest BCUT2D eigenvalue weighted by Gasteiger charge is 2.25. The molecule has 3 rings (SSSR count). The third-order valence-corrected chi connectivity index (χ3v) is 5.08. The normalized spacial score (nSPS) is 18.1. The van der Waals surface area contributed by atoms with Crippen molar-refractivity contribution < 1.29 is 4.79 Å². The van der Waals surface area contributed by atoms with Gasteiger partial charge in [-0.05, 0) is 35.4 Å². The van der Waals surface area contributed by atoms with Crippen LogP contribution in [0.15, 0.2) is 47.4 Å². The number of halogens is 1. The minimum atomic E-state index is 0.0118. The van der Waals surface area contributed by atoms with Gasteiger partial charge in [0.05, 0.1) is 11.0 Å². The molecule has 0 radical (unpaired) electrons. The van der Waals surface area contributed by atoms with Crippen LogP contribution in [0.5, 0.6) is 0 Å². The fraction of sp³-hybridized carbons (Fsp3) is 0.133. The zero-order valence-corrected chi connectivity index (χ0v) is 12.9. The van der Waals surface area contributed by atoms with Crippen molar-refractivity contribution in [2.75, 3.05) is 11.1 Å². The Morgan fingerprint density at radius 3 is 2.80 bits per heavy atom. The zero-order chi connectivity index (χ0) is 14.1. The number of hydrogen-bond acceptors (Lipinski definition) is 3. The Kier molecular flexibility index (Phi) is 3.96. The molecule has 0 aromatic heterocycles. The summed E-state index contributed by atoms with van der Waals surface area (Å²) in [5.74, 6) is 0.428. The van der Waals surface area contributed by atoms with Crippen molar-refractivity contribution in [1.82, 2.24) is 0 Å². The molecule has 0 saturated carbocycles. The van der Waals surface area contributed by atoms with E-state index in [0.29, 0.717) is 10.8 Å². The molecule has 0 bridgehead atoms. The number of amides is 1. The highest BCUT2D eigenvalue weighted by Crippen LogP contribution is 2.44. The molecule has 2 nitrogen and oxygen atoms in total. The van der Waals surface area contributed by atoms with Gasteiger partial charge >= 0.3 is 0 Å². The maximum Gasteiger partial charge on any atom is 0.234 e. The van der Waals surface area contributed by atoms with Crippen LogP contribution in [0.4, 0.5) is 5.69 Å². The summed E-state index contributed by atoms with van der Waals surface area (Å²) in [5, 5.41) is 3.65. The second-order valence-electron chi connectivity index (χ2n) is 4.53. The Hall–Kier alpha value is -1.10. The summed E-state index contributed by atoms with van der Waals surface area (Å²) in [4.78, 5) is 12.7. The van der Waals surface area contributed by atoms with Crippen molar-refractivity contribution in [3.63, 3.8) is 0 Å². The van der Waals surface area contributed by atoms with Crippen LogP contribution in [-0.2, 0) is 4.79 Å². The highest BCUT2D eigenvalue weighted by atomic mass is 35.5. The lowest BCUT2D eigenvalue weighted by Crippen LogP contribution is -2.12. The highest BCUT2D eigenvalue weighted by molar-refractivity contribution is 8.00. The topological polar surface area (TPSA) is 29.1 Å². The van der Waals surface area contributed by atoms with Crippen molar-refractivity contribution in [3.8, 4) is 0 Å². The Morgan fingerprint density at radius 1 is 1.20 bits per heavy atom. The number of nitrogens with one attached hydrogen (secondary N) is 1. The lowest BCUT2D eigenvalue weighted by molar-refractivity contribution is -0.113. The molecule has 1 atom stereocenters. The Bertz CT molecular complexity index is 675. The van der Waals surface area contributed by atoms with Crippen LogP contribution in [-0.4, -0.2) is 11.7 Å². The first-order chi connectivity index (χ1) is 9.65. The predicted molar refractivity (Wildman–Crippen MR) is 88.1 cm³/mol. The van der Waals surface area contributed by atoms with Gasteiger partial charge in [0.1, 0.15) is 0 Å². The van der Waals surface area contributed by atoms with E-state index in [1.807, 2.05) is 36.4 Å². The number of carbonyl (C=O) groups is 1. The first kappa shape index (κ1) is 13.9. The summed E-state index contributed by atoms with van der Waals surface area (Å²) >= 11 is 12.2. The molecule has 0 aliphatic carbocycles. The molecule has 0 fully saturated rings. The number of rotatable bonds is 1. The molecule has 5 heteroatoms.